The molecule has 5 heteroatoms. The highest BCUT2D eigenvalue weighted by atomic mass is 19.1. The molecule has 0 saturated carbocycles. The number of benzene rings is 2. The lowest BCUT2D eigenvalue weighted by molar-refractivity contribution is 0.101. The fraction of sp³-hybridized carbons (Fsp3) is 0.143. The first-order valence-corrected chi connectivity index (χ1v) is 8.28. The molecule has 0 aliphatic heterocycles. The molecule has 26 heavy (non-hydrogen) atoms. The molecule has 0 bridgehead atoms. The molecular formula is C21H19FN2O2. The molecule has 0 aliphatic rings. The molecule has 0 atom stereocenters. The van der Waals surface area contributed by atoms with Gasteiger partial charge in [0.2, 0.25) is 5.88 Å². The van der Waals surface area contributed by atoms with Gasteiger partial charge in [-0.05, 0) is 36.2 Å². The Labute approximate surface area is 151 Å². The van der Waals surface area contributed by atoms with E-state index in [-0.39, 0.29) is 11.3 Å². The molecule has 2 aromatic carbocycles. The maximum absolute atomic E-state index is 13.9. The lowest BCUT2D eigenvalue weighted by atomic mass is 10.1. The summed E-state index contributed by atoms with van der Waals surface area (Å²) in [7, 11) is 0. The largest absolute Gasteiger partial charge is 0.473 e. The molecule has 3 aromatic rings. The number of carbonyl (C=O) groups excluding carboxylic acids is 1. The molecule has 0 saturated heterocycles. The quantitative estimate of drug-likeness (QED) is 0.632. The number of hydrogen-bond acceptors (Lipinski definition) is 4. The van der Waals surface area contributed by atoms with Gasteiger partial charge in [-0.15, -0.1) is 0 Å². The Kier molecular flexibility index (Phi) is 5.59. The van der Waals surface area contributed by atoms with Gasteiger partial charge in [0.1, 0.15) is 12.4 Å². The van der Waals surface area contributed by atoms with Crippen molar-refractivity contribution in [3.8, 4) is 5.88 Å². The highest BCUT2D eigenvalue weighted by Gasteiger charge is 2.12. The number of hydrogen-bond donors (Lipinski definition) is 1. The maximum Gasteiger partial charge on any atom is 0.213 e. The molecule has 1 aromatic heterocycles. The molecule has 0 radical (unpaired) electrons. The minimum atomic E-state index is -0.524. The SMILES string of the molecule is CC(=O)c1c(F)cccc1NCc1ccnc(OCc2ccccc2)c1. The fourth-order valence-corrected chi connectivity index (χ4v) is 2.60. The third-order valence-electron chi connectivity index (χ3n) is 3.88. The van der Waals surface area contributed by atoms with Crippen molar-refractivity contribution in [1.82, 2.24) is 4.98 Å². The number of ether oxygens (including phenoxy) is 1. The summed E-state index contributed by atoms with van der Waals surface area (Å²) in [6.45, 7) is 2.21. The Bertz CT molecular complexity index is 898. The normalized spacial score (nSPS) is 10.4. The topological polar surface area (TPSA) is 51.2 Å². The standard InChI is InChI=1S/C21H19FN2O2/c1-15(25)21-18(22)8-5-9-19(21)24-13-17-10-11-23-20(12-17)26-14-16-6-3-2-4-7-16/h2-12,24H,13-14H2,1H3. The van der Waals surface area contributed by atoms with Crippen LogP contribution in [0.2, 0.25) is 0 Å². The Morgan fingerprint density at radius 2 is 1.88 bits per heavy atom. The summed E-state index contributed by atoms with van der Waals surface area (Å²) in [5.41, 5.74) is 2.52. The average Bonchev–Trinajstić information content (AvgIpc) is 2.65. The second kappa shape index (κ2) is 8.25. The van der Waals surface area contributed by atoms with Gasteiger partial charge in [0.25, 0.3) is 0 Å². The summed E-state index contributed by atoms with van der Waals surface area (Å²) < 4.78 is 19.6. The monoisotopic (exact) mass is 350 g/mol. The number of carbonyl (C=O) groups is 1. The third kappa shape index (κ3) is 4.45. The first-order chi connectivity index (χ1) is 12.6. The number of rotatable bonds is 7. The van der Waals surface area contributed by atoms with Crippen LogP contribution in [-0.4, -0.2) is 10.8 Å². The Hall–Kier alpha value is -3.21. The summed E-state index contributed by atoms with van der Waals surface area (Å²) >= 11 is 0. The van der Waals surface area contributed by atoms with Gasteiger partial charge in [-0.25, -0.2) is 9.37 Å². The number of ketones is 1. The molecule has 0 fully saturated rings. The van der Waals surface area contributed by atoms with Gasteiger partial charge in [0, 0.05) is 24.5 Å². The highest BCUT2D eigenvalue weighted by Crippen LogP contribution is 2.21. The molecule has 0 spiro atoms. The minimum absolute atomic E-state index is 0.0714. The summed E-state index contributed by atoms with van der Waals surface area (Å²) in [6.07, 6.45) is 1.66. The van der Waals surface area contributed by atoms with E-state index in [2.05, 4.69) is 10.3 Å². The Morgan fingerprint density at radius 3 is 2.65 bits per heavy atom. The van der Waals surface area contributed by atoms with Crippen molar-refractivity contribution in [2.45, 2.75) is 20.1 Å². The van der Waals surface area contributed by atoms with E-state index in [1.165, 1.54) is 13.0 Å². The second-order valence-corrected chi connectivity index (χ2v) is 5.85. The van der Waals surface area contributed by atoms with Crippen molar-refractivity contribution in [1.29, 1.82) is 0 Å². The van der Waals surface area contributed by atoms with E-state index in [1.807, 2.05) is 42.5 Å². The zero-order chi connectivity index (χ0) is 18.4. The Balaban J connectivity index is 1.66. The average molecular weight is 350 g/mol. The van der Waals surface area contributed by atoms with Gasteiger partial charge in [-0.1, -0.05) is 36.4 Å². The zero-order valence-electron chi connectivity index (χ0n) is 14.4. The molecule has 0 aliphatic carbocycles. The molecule has 1 N–H and O–H groups in total. The first-order valence-electron chi connectivity index (χ1n) is 8.28. The van der Waals surface area contributed by atoms with E-state index in [9.17, 15) is 9.18 Å². The Morgan fingerprint density at radius 1 is 1.08 bits per heavy atom. The van der Waals surface area contributed by atoms with E-state index in [4.69, 9.17) is 4.74 Å². The van der Waals surface area contributed by atoms with Crippen molar-refractivity contribution in [3.63, 3.8) is 0 Å². The lowest BCUT2D eigenvalue weighted by Gasteiger charge is -2.12. The summed E-state index contributed by atoms with van der Waals surface area (Å²) in [6, 6.07) is 18.0. The smallest absolute Gasteiger partial charge is 0.213 e. The van der Waals surface area contributed by atoms with Gasteiger partial charge >= 0.3 is 0 Å². The number of nitrogens with one attached hydrogen (secondary N) is 1. The molecule has 1 heterocycles. The predicted octanol–water partition coefficient (Wildman–Crippen LogP) is 4.61. The van der Waals surface area contributed by atoms with Gasteiger partial charge in [-0.2, -0.15) is 0 Å². The van der Waals surface area contributed by atoms with Gasteiger partial charge in [0.05, 0.1) is 5.56 Å². The highest BCUT2D eigenvalue weighted by molar-refractivity contribution is 5.99. The van der Waals surface area contributed by atoms with Crippen LogP contribution in [0.25, 0.3) is 0 Å². The first kappa shape index (κ1) is 17.6. The van der Waals surface area contributed by atoms with Crippen molar-refractivity contribution in [3.05, 3.63) is 89.4 Å². The van der Waals surface area contributed by atoms with E-state index in [0.717, 1.165) is 11.1 Å². The van der Waals surface area contributed by atoms with Crippen LogP contribution >= 0.6 is 0 Å². The van der Waals surface area contributed by atoms with Crippen LogP contribution in [0.4, 0.5) is 10.1 Å². The van der Waals surface area contributed by atoms with Gasteiger partial charge in [0.15, 0.2) is 5.78 Å². The molecule has 0 unspecified atom stereocenters. The van der Waals surface area contributed by atoms with Crippen LogP contribution in [0, 0.1) is 5.82 Å². The summed E-state index contributed by atoms with van der Waals surface area (Å²) in [4.78, 5) is 15.9. The van der Waals surface area contributed by atoms with Gasteiger partial charge in [-0.3, -0.25) is 4.79 Å². The predicted molar refractivity (Wildman–Crippen MR) is 98.7 cm³/mol. The van der Waals surface area contributed by atoms with Crippen LogP contribution in [-0.2, 0) is 13.2 Å². The van der Waals surface area contributed by atoms with Crippen LogP contribution in [0.1, 0.15) is 28.4 Å². The molecule has 3 rings (SSSR count). The number of nitrogens with zero attached hydrogens (tertiary/aromatic N) is 1. The zero-order valence-corrected chi connectivity index (χ0v) is 14.4. The van der Waals surface area contributed by atoms with Crippen molar-refractivity contribution >= 4 is 11.5 Å². The van der Waals surface area contributed by atoms with Crippen molar-refractivity contribution in [2.24, 2.45) is 0 Å². The number of halogens is 1. The second-order valence-electron chi connectivity index (χ2n) is 5.85. The van der Waals surface area contributed by atoms with Crippen LogP contribution in [0.15, 0.2) is 66.9 Å². The van der Waals surface area contributed by atoms with E-state index in [1.54, 1.807) is 18.3 Å². The van der Waals surface area contributed by atoms with E-state index in [0.29, 0.717) is 24.7 Å². The molecule has 4 nitrogen and oxygen atoms in total. The molecule has 0 amide bonds. The number of anilines is 1. The maximum atomic E-state index is 13.9. The van der Waals surface area contributed by atoms with Crippen LogP contribution in [0.5, 0.6) is 5.88 Å². The van der Waals surface area contributed by atoms with Crippen molar-refractivity contribution in [2.75, 3.05) is 5.32 Å². The summed E-state index contributed by atoms with van der Waals surface area (Å²) in [5.74, 6) is -0.324. The third-order valence-corrected chi connectivity index (χ3v) is 3.88. The fourth-order valence-electron chi connectivity index (χ4n) is 2.60. The molecule has 132 valence electrons. The van der Waals surface area contributed by atoms with Crippen LogP contribution in [0.3, 0.4) is 0 Å². The lowest BCUT2D eigenvalue weighted by Crippen LogP contribution is -2.07. The number of aromatic nitrogens is 1. The van der Waals surface area contributed by atoms with E-state index < -0.39 is 5.82 Å². The number of pyridine rings is 1. The molecular weight excluding hydrogens is 331 g/mol. The number of Topliss-reactive ketones (excluding diaryl/α,β-unsaturated/α-hetero) is 1. The van der Waals surface area contributed by atoms with E-state index >= 15 is 0 Å². The van der Waals surface area contributed by atoms with Gasteiger partial charge < -0.3 is 10.1 Å². The van der Waals surface area contributed by atoms with Crippen LogP contribution < -0.4 is 10.1 Å². The summed E-state index contributed by atoms with van der Waals surface area (Å²) in [5, 5.41) is 3.11. The minimum Gasteiger partial charge on any atom is -0.473 e. The van der Waals surface area contributed by atoms with Crippen molar-refractivity contribution < 1.29 is 13.9 Å².